The van der Waals surface area contributed by atoms with Gasteiger partial charge in [0.25, 0.3) is 0 Å². The van der Waals surface area contributed by atoms with E-state index < -0.39 is 0 Å². The standard InChI is InChI=1S/C19H12N3P/c1-2-5-13-12(4-1)8-10-17-14(13)9-11-18(23-17)15-6-3-7-16-19(15)21-22-20-16/h1-11H,(H,20,21,22). The van der Waals surface area contributed by atoms with Crippen LogP contribution < -0.4 is 0 Å². The van der Waals surface area contributed by atoms with Gasteiger partial charge in [0.05, 0.1) is 0 Å². The van der Waals surface area contributed by atoms with E-state index in [1.807, 2.05) is 12.1 Å². The summed E-state index contributed by atoms with van der Waals surface area (Å²) in [5, 5.41) is 17.7. The van der Waals surface area contributed by atoms with E-state index in [2.05, 4.69) is 70.0 Å². The Morgan fingerprint density at radius 2 is 1.70 bits per heavy atom. The van der Waals surface area contributed by atoms with E-state index in [1.165, 1.54) is 34.8 Å². The SMILES string of the molecule is c1ccc2c(c1)ccc1pc(-c3cccc4n[nH]nc34)ccc12. The van der Waals surface area contributed by atoms with Gasteiger partial charge < -0.3 is 0 Å². The fraction of sp³-hybridized carbons (Fsp3) is 0. The third-order valence-corrected chi connectivity index (χ3v) is 5.48. The zero-order valence-electron chi connectivity index (χ0n) is 12.2. The summed E-state index contributed by atoms with van der Waals surface area (Å²) >= 11 is 0. The van der Waals surface area contributed by atoms with Gasteiger partial charge in [0.1, 0.15) is 11.0 Å². The van der Waals surface area contributed by atoms with Crippen molar-refractivity contribution in [3.05, 3.63) is 66.7 Å². The molecular weight excluding hydrogens is 301 g/mol. The molecule has 0 bridgehead atoms. The number of nitrogens with one attached hydrogen (secondary N) is 1. The van der Waals surface area contributed by atoms with Crippen molar-refractivity contribution in [2.45, 2.75) is 0 Å². The molecule has 0 amide bonds. The second-order valence-corrected chi connectivity index (χ2v) is 6.73. The Balaban J connectivity index is 1.80. The molecule has 0 saturated carbocycles. The molecule has 3 nitrogen and oxygen atoms in total. The Morgan fingerprint density at radius 1 is 0.739 bits per heavy atom. The van der Waals surface area contributed by atoms with Crippen molar-refractivity contribution in [1.29, 1.82) is 0 Å². The largest absolute Gasteiger partial charge is 0.197 e. The van der Waals surface area contributed by atoms with Crippen LogP contribution in [0.5, 0.6) is 0 Å². The van der Waals surface area contributed by atoms with Crippen molar-refractivity contribution in [2.75, 3.05) is 0 Å². The molecule has 5 aromatic rings. The van der Waals surface area contributed by atoms with Crippen molar-refractivity contribution >= 4 is 40.5 Å². The van der Waals surface area contributed by atoms with Crippen LogP contribution in [0.4, 0.5) is 0 Å². The minimum atomic E-state index is 0.905. The van der Waals surface area contributed by atoms with E-state index in [-0.39, 0.29) is 0 Å². The third-order valence-electron chi connectivity index (χ3n) is 4.22. The Kier molecular flexibility index (Phi) is 2.70. The summed E-state index contributed by atoms with van der Waals surface area (Å²) in [5.41, 5.74) is 2.99. The normalized spacial score (nSPS) is 11.8. The smallest absolute Gasteiger partial charge is 0.121 e. The lowest BCUT2D eigenvalue weighted by Gasteiger charge is -2.07. The number of aromatic amines is 1. The zero-order chi connectivity index (χ0) is 15.2. The van der Waals surface area contributed by atoms with Crippen molar-refractivity contribution < 1.29 is 0 Å². The molecule has 0 aliphatic heterocycles. The minimum absolute atomic E-state index is 0.905. The number of rotatable bonds is 1. The predicted molar refractivity (Wildman–Crippen MR) is 96.8 cm³/mol. The van der Waals surface area contributed by atoms with Crippen molar-refractivity contribution in [3.63, 3.8) is 0 Å². The van der Waals surface area contributed by atoms with E-state index in [0.29, 0.717) is 0 Å². The van der Waals surface area contributed by atoms with Gasteiger partial charge in [0.2, 0.25) is 0 Å². The molecule has 5 rings (SSSR count). The average Bonchev–Trinajstić information content (AvgIpc) is 3.10. The van der Waals surface area contributed by atoms with Crippen LogP contribution in [-0.4, -0.2) is 15.4 Å². The maximum Gasteiger partial charge on any atom is 0.121 e. The summed E-state index contributed by atoms with van der Waals surface area (Å²) in [6, 6.07) is 23.5. The van der Waals surface area contributed by atoms with Gasteiger partial charge in [-0.05, 0) is 34.4 Å². The fourth-order valence-corrected chi connectivity index (χ4v) is 4.28. The molecule has 4 heteroatoms. The van der Waals surface area contributed by atoms with E-state index in [4.69, 9.17) is 0 Å². The quantitative estimate of drug-likeness (QED) is 0.414. The minimum Gasteiger partial charge on any atom is -0.197 e. The van der Waals surface area contributed by atoms with Crippen molar-refractivity contribution in [1.82, 2.24) is 15.4 Å². The number of fused-ring (bicyclic) bond motifs is 4. The van der Waals surface area contributed by atoms with Crippen LogP contribution in [-0.2, 0) is 0 Å². The molecule has 0 spiro atoms. The van der Waals surface area contributed by atoms with Crippen LogP contribution in [0.2, 0.25) is 0 Å². The van der Waals surface area contributed by atoms with Crippen LogP contribution in [0.15, 0.2) is 66.7 Å². The third kappa shape index (κ3) is 1.94. The Hall–Kier alpha value is -2.77. The van der Waals surface area contributed by atoms with Crippen LogP contribution in [0.3, 0.4) is 0 Å². The van der Waals surface area contributed by atoms with E-state index >= 15 is 0 Å². The van der Waals surface area contributed by atoms with Crippen LogP contribution >= 0.6 is 8.19 Å². The first-order valence-corrected chi connectivity index (χ1v) is 8.38. The lowest BCUT2D eigenvalue weighted by Crippen LogP contribution is -1.80. The number of aromatic nitrogens is 3. The number of H-pyrrole nitrogens is 1. The predicted octanol–water partition coefficient (Wildman–Crippen LogP) is 5.51. The fourth-order valence-electron chi connectivity index (χ4n) is 3.11. The first kappa shape index (κ1) is 12.7. The van der Waals surface area contributed by atoms with E-state index in [9.17, 15) is 0 Å². The zero-order valence-corrected chi connectivity index (χ0v) is 13.1. The van der Waals surface area contributed by atoms with Crippen LogP contribution in [0.25, 0.3) is 43.2 Å². The number of hydrogen-bond acceptors (Lipinski definition) is 2. The van der Waals surface area contributed by atoms with E-state index in [0.717, 1.165) is 16.6 Å². The molecule has 23 heavy (non-hydrogen) atoms. The first-order valence-electron chi connectivity index (χ1n) is 7.48. The van der Waals surface area contributed by atoms with Gasteiger partial charge >= 0.3 is 0 Å². The van der Waals surface area contributed by atoms with Gasteiger partial charge in [-0.3, -0.25) is 0 Å². The number of benzene rings is 3. The van der Waals surface area contributed by atoms with E-state index in [1.54, 1.807) is 0 Å². The van der Waals surface area contributed by atoms with Crippen LogP contribution in [0.1, 0.15) is 0 Å². The molecule has 0 aliphatic rings. The molecule has 2 aromatic heterocycles. The molecule has 0 radical (unpaired) electrons. The van der Waals surface area contributed by atoms with Gasteiger partial charge in [-0.25, -0.2) is 0 Å². The highest BCUT2D eigenvalue weighted by Crippen LogP contribution is 2.39. The highest BCUT2D eigenvalue weighted by molar-refractivity contribution is 7.40. The van der Waals surface area contributed by atoms with Crippen LogP contribution in [0, 0.1) is 0 Å². The maximum atomic E-state index is 4.30. The van der Waals surface area contributed by atoms with Gasteiger partial charge in [0.15, 0.2) is 0 Å². The molecule has 0 atom stereocenters. The molecular formula is C19H12N3P. The van der Waals surface area contributed by atoms with Gasteiger partial charge in [-0.15, -0.1) is 0 Å². The number of para-hydroxylation sites is 1. The molecule has 108 valence electrons. The second kappa shape index (κ2) is 4.87. The summed E-state index contributed by atoms with van der Waals surface area (Å²) in [6.45, 7) is 0. The molecule has 1 N–H and O–H groups in total. The van der Waals surface area contributed by atoms with Gasteiger partial charge in [-0.1, -0.05) is 56.7 Å². The second-order valence-electron chi connectivity index (χ2n) is 5.55. The topological polar surface area (TPSA) is 41.6 Å². The summed E-state index contributed by atoms with van der Waals surface area (Å²) in [5.74, 6) is 0. The monoisotopic (exact) mass is 313 g/mol. The van der Waals surface area contributed by atoms with Gasteiger partial charge in [-0.2, -0.15) is 15.4 Å². The molecule has 0 aliphatic carbocycles. The van der Waals surface area contributed by atoms with Crippen molar-refractivity contribution in [3.8, 4) is 10.9 Å². The lowest BCUT2D eigenvalue weighted by atomic mass is 10.1. The number of nitrogens with zero attached hydrogens (tertiary/aromatic N) is 2. The molecule has 3 aromatic carbocycles. The average molecular weight is 313 g/mol. The highest BCUT2D eigenvalue weighted by atomic mass is 31.0. The summed E-state index contributed by atoms with van der Waals surface area (Å²) < 4.78 is 0. The lowest BCUT2D eigenvalue weighted by molar-refractivity contribution is 0.959. The summed E-state index contributed by atoms with van der Waals surface area (Å²) in [7, 11) is 1.21. The highest BCUT2D eigenvalue weighted by Gasteiger charge is 2.09. The maximum absolute atomic E-state index is 4.30. The molecule has 0 unspecified atom stereocenters. The Bertz CT molecular complexity index is 1180. The Morgan fingerprint density at radius 3 is 2.70 bits per heavy atom. The van der Waals surface area contributed by atoms with Crippen molar-refractivity contribution in [2.24, 2.45) is 0 Å². The Labute approximate surface area is 134 Å². The summed E-state index contributed by atoms with van der Waals surface area (Å²) in [6.07, 6.45) is 0. The molecule has 0 saturated heterocycles. The first-order chi connectivity index (χ1) is 11.4. The molecule has 0 fully saturated rings. The van der Waals surface area contributed by atoms with Gasteiger partial charge in [0, 0.05) is 16.0 Å². The molecule has 2 heterocycles. The number of hydrogen-bond donors (Lipinski definition) is 1. The summed E-state index contributed by atoms with van der Waals surface area (Å²) in [4.78, 5) is 0.